The van der Waals surface area contributed by atoms with Crippen LogP contribution in [-0.4, -0.2) is 53.5 Å². The second-order valence-electron chi connectivity index (χ2n) is 5.73. The molecular formula is C13H23N5O. The summed E-state index contributed by atoms with van der Waals surface area (Å²) < 4.78 is 0. The molecule has 6 nitrogen and oxygen atoms in total. The number of hydrogen-bond acceptors (Lipinski definition) is 5. The van der Waals surface area contributed by atoms with E-state index in [2.05, 4.69) is 20.6 Å². The predicted molar refractivity (Wildman–Crippen MR) is 76.3 cm³/mol. The van der Waals surface area contributed by atoms with Crippen molar-refractivity contribution in [3.8, 4) is 0 Å². The molecular weight excluding hydrogens is 242 g/mol. The summed E-state index contributed by atoms with van der Waals surface area (Å²) in [6.45, 7) is 7.48. The number of rotatable bonds is 5. The van der Waals surface area contributed by atoms with E-state index in [0.717, 1.165) is 6.54 Å². The number of likely N-dealkylation sites (N-methyl/N-ethyl adjacent to an activating group) is 1. The van der Waals surface area contributed by atoms with Crippen LogP contribution in [0.2, 0.25) is 0 Å². The van der Waals surface area contributed by atoms with Gasteiger partial charge in [0.05, 0.1) is 5.56 Å². The third-order valence-electron chi connectivity index (χ3n) is 2.25. The Kier molecular flexibility index (Phi) is 5.23. The second-order valence-corrected chi connectivity index (χ2v) is 5.73. The molecule has 0 spiro atoms. The van der Waals surface area contributed by atoms with E-state index in [9.17, 15) is 4.79 Å². The summed E-state index contributed by atoms with van der Waals surface area (Å²) in [5.41, 5.74) is 0.369. The molecule has 1 aromatic rings. The van der Waals surface area contributed by atoms with Crippen LogP contribution in [0.4, 0.5) is 5.95 Å². The van der Waals surface area contributed by atoms with Gasteiger partial charge in [-0.1, -0.05) is 0 Å². The molecule has 0 bridgehead atoms. The van der Waals surface area contributed by atoms with E-state index in [4.69, 9.17) is 0 Å². The first kappa shape index (κ1) is 15.4. The standard InChI is InChI=1S/C13H23N5O/c1-13(2,3)17-12-15-8-10(9-16-12)11(19)14-6-7-18(4)5/h8-9H,6-7H2,1-5H3,(H,14,19)(H,15,16,17). The molecule has 106 valence electrons. The van der Waals surface area contributed by atoms with Crippen LogP contribution in [0.5, 0.6) is 0 Å². The highest BCUT2D eigenvalue weighted by molar-refractivity contribution is 5.93. The van der Waals surface area contributed by atoms with Gasteiger partial charge >= 0.3 is 0 Å². The third kappa shape index (κ3) is 6.15. The molecule has 19 heavy (non-hydrogen) atoms. The van der Waals surface area contributed by atoms with Crippen molar-refractivity contribution in [1.82, 2.24) is 20.2 Å². The van der Waals surface area contributed by atoms with Crippen LogP contribution in [0.25, 0.3) is 0 Å². The summed E-state index contributed by atoms with van der Waals surface area (Å²) in [6, 6.07) is 0. The van der Waals surface area contributed by atoms with Gasteiger partial charge in [0.1, 0.15) is 0 Å². The molecule has 0 radical (unpaired) electrons. The van der Waals surface area contributed by atoms with E-state index >= 15 is 0 Å². The van der Waals surface area contributed by atoms with E-state index < -0.39 is 0 Å². The maximum Gasteiger partial charge on any atom is 0.254 e. The van der Waals surface area contributed by atoms with Crippen LogP contribution in [-0.2, 0) is 0 Å². The Bertz CT molecular complexity index is 408. The van der Waals surface area contributed by atoms with Crippen LogP contribution in [0, 0.1) is 0 Å². The molecule has 0 aliphatic heterocycles. The summed E-state index contributed by atoms with van der Waals surface area (Å²) in [5, 5.41) is 5.96. The number of aromatic nitrogens is 2. The number of hydrogen-bond donors (Lipinski definition) is 2. The van der Waals surface area contributed by atoms with Crippen molar-refractivity contribution < 1.29 is 4.79 Å². The lowest BCUT2D eigenvalue weighted by molar-refractivity contribution is 0.0950. The summed E-state index contributed by atoms with van der Waals surface area (Å²) in [5.74, 6) is 0.376. The zero-order chi connectivity index (χ0) is 14.5. The number of amides is 1. The van der Waals surface area contributed by atoms with Crippen molar-refractivity contribution in [2.24, 2.45) is 0 Å². The molecule has 1 aromatic heterocycles. The highest BCUT2D eigenvalue weighted by Crippen LogP contribution is 2.09. The van der Waals surface area contributed by atoms with E-state index in [-0.39, 0.29) is 11.4 Å². The number of nitrogens with zero attached hydrogens (tertiary/aromatic N) is 3. The largest absolute Gasteiger partial charge is 0.351 e. The number of carbonyl (C=O) groups excluding carboxylic acids is 1. The lowest BCUT2D eigenvalue weighted by atomic mass is 10.1. The molecule has 0 aromatic carbocycles. The quantitative estimate of drug-likeness (QED) is 0.830. The molecule has 0 unspecified atom stereocenters. The van der Waals surface area contributed by atoms with E-state index in [0.29, 0.717) is 18.1 Å². The van der Waals surface area contributed by atoms with Crippen molar-refractivity contribution in [3.05, 3.63) is 18.0 Å². The molecule has 0 saturated carbocycles. The predicted octanol–water partition coefficient (Wildman–Crippen LogP) is 0.978. The van der Waals surface area contributed by atoms with Crippen molar-refractivity contribution in [2.45, 2.75) is 26.3 Å². The minimum atomic E-state index is -0.149. The average molecular weight is 265 g/mol. The summed E-state index contributed by atoms with van der Waals surface area (Å²) in [6.07, 6.45) is 3.07. The fraction of sp³-hybridized carbons (Fsp3) is 0.615. The Morgan fingerprint density at radius 2 is 1.84 bits per heavy atom. The van der Waals surface area contributed by atoms with E-state index in [1.54, 1.807) is 0 Å². The Morgan fingerprint density at radius 1 is 1.26 bits per heavy atom. The molecule has 0 atom stereocenters. The fourth-order valence-corrected chi connectivity index (χ4v) is 1.34. The van der Waals surface area contributed by atoms with Gasteiger partial charge in [0.2, 0.25) is 5.95 Å². The van der Waals surface area contributed by atoms with E-state index in [1.165, 1.54) is 12.4 Å². The highest BCUT2D eigenvalue weighted by atomic mass is 16.1. The minimum Gasteiger partial charge on any atom is -0.351 e. The molecule has 6 heteroatoms. The molecule has 1 heterocycles. The molecule has 1 amide bonds. The summed E-state index contributed by atoms with van der Waals surface area (Å²) >= 11 is 0. The Balaban J connectivity index is 2.53. The smallest absolute Gasteiger partial charge is 0.254 e. The Labute approximate surface area is 114 Å². The SMILES string of the molecule is CN(C)CCNC(=O)c1cnc(NC(C)(C)C)nc1. The lowest BCUT2D eigenvalue weighted by Gasteiger charge is -2.20. The first-order valence-corrected chi connectivity index (χ1v) is 6.31. The monoisotopic (exact) mass is 265 g/mol. The zero-order valence-electron chi connectivity index (χ0n) is 12.3. The second kappa shape index (κ2) is 6.47. The molecule has 0 aliphatic carbocycles. The van der Waals surface area contributed by atoms with Gasteiger partial charge in [-0.25, -0.2) is 9.97 Å². The molecule has 1 rings (SSSR count). The van der Waals surface area contributed by atoms with Crippen LogP contribution < -0.4 is 10.6 Å². The van der Waals surface area contributed by atoms with Crippen molar-refractivity contribution >= 4 is 11.9 Å². The normalized spacial score (nSPS) is 11.5. The molecule has 0 fully saturated rings. The lowest BCUT2D eigenvalue weighted by Crippen LogP contribution is -2.31. The van der Waals surface area contributed by atoms with Gasteiger partial charge in [0.25, 0.3) is 5.91 Å². The topological polar surface area (TPSA) is 70.2 Å². The first-order chi connectivity index (χ1) is 8.78. The van der Waals surface area contributed by atoms with Gasteiger partial charge in [0.15, 0.2) is 0 Å². The maximum absolute atomic E-state index is 11.8. The number of carbonyl (C=O) groups is 1. The van der Waals surface area contributed by atoms with Gasteiger partial charge in [-0.15, -0.1) is 0 Å². The maximum atomic E-state index is 11.8. The van der Waals surface area contributed by atoms with Gasteiger partial charge in [-0.3, -0.25) is 4.79 Å². The van der Waals surface area contributed by atoms with Gasteiger partial charge in [0, 0.05) is 31.0 Å². The van der Waals surface area contributed by atoms with Crippen LogP contribution >= 0.6 is 0 Å². The molecule has 2 N–H and O–H groups in total. The number of nitrogens with one attached hydrogen (secondary N) is 2. The van der Waals surface area contributed by atoms with Crippen molar-refractivity contribution in [1.29, 1.82) is 0 Å². The van der Waals surface area contributed by atoms with Crippen molar-refractivity contribution in [2.75, 3.05) is 32.5 Å². The average Bonchev–Trinajstić information content (AvgIpc) is 2.27. The number of anilines is 1. The fourth-order valence-electron chi connectivity index (χ4n) is 1.34. The van der Waals surface area contributed by atoms with Gasteiger partial charge in [-0.05, 0) is 34.9 Å². The third-order valence-corrected chi connectivity index (χ3v) is 2.25. The van der Waals surface area contributed by atoms with Crippen LogP contribution in [0.15, 0.2) is 12.4 Å². The van der Waals surface area contributed by atoms with Crippen LogP contribution in [0.1, 0.15) is 31.1 Å². The Hall–Kier alpha value is -1.69. The Morgan fingerprint density at radius 3 is 2.32 bits per heavy atom. The van der Waals surface area contributed by atoms with Gasteiger partial charge < -0.3 is 15.5 Å². The summed E-state index contributed by atoms with van der Waals surface area (Å²) in [4.78, 5) is 22.1. The first-order valence-electron chi connectivity index (χ1n) is 6.31. The van der Waals surface area contributed by atoms with Crippen molar-refractivity contribution in [3.63, 3.8) is 0 Å². The van der Waals surface area contributed by atoms with Crippen LogP contribution in [0.3, 0.4) is 0 Å². The zero-order valence-corrected chi connectivity index (χ0v) is 12.3. The molecule has 0 aliphatic rings. The van der Waals surface area contributed by atoms with Gasteiger partial charge in [-0.2, -0.15) is 0 Å². The summed E-state index contributed by atoms with van der Waals surface area (Å²) in [7, 11) is 3.92. The minimum absolute atomic E-state index is 0.102. The van der Waals surface area contributed by atoms with E-state index in [1.807, 2.05) is 39.8 Å². The molecule has 0 saturated heterocycles. The highest BCUT2D eigenvalue weighted by Gasteiger charge is 2.12.